The third-order valence-corrected chi connectivity index (χ3v) is 6.10. The molecule has 3 N–H and O–H groups in total. The largest absolute Gasteiger partial charge is 0.393 e. The zero-order valence-corrected chi connectivity index (χ0v) is 14.7. The summed E-state index contributed by atoms with van der Waals surface area (Å²) in [7, 11) is 0. The average molecular weight is 323 g/mol. The molecule has 0 aromatic heterocycles. The average Bonchev–Trinajstić information content (AvgIpc) is 2.47. The molecule has 1 spiro atoms. The minimum Gasteiger partial charge on any atom is -0.393 e. The van der Waals surface area contributed by atoms with Crippen molar-refractivity contribution in [2.24, 2.45) is 10.4 Å². The molecule has 5 nitrogen and oxygen atoms in total. The number of aliphatic hydroxyl groups is 1. The van der Waals surface area contributed by atoms with Gasteiger partial charge in [0.05, 0.1) is 12.2 Å². The Hall–Kier alpha value is -0.810. The standard InChI is InChI=1S/C18H33N3O2/c1-3-19-17(20-13-6-8-14(22)9-7-13)21-15-12-16(23-4-2)18(15)10-5-11-18/h13-16,22H,3-12H2,1-2H3,(H2,19,20,21). The number of guanidine groups is 1. The van der Waals surface area contributed by atoms with Gasteiger partial charge in [0.15, 0.2) is 5.96 Å². The maximum Gasteiger partial charge on any atom is 0.191 e. The predicted octanol–water partition coefficient (Wildman–Crippen LogP) is 2.19. The van der Waals surface area contributed by atoms with E-state index in [4.69, 9.17) is 4.74 Å². The number of ether oxygens (including phenoxy) is 1. The smallest absolute Gasteiger partial charge is 0.191 e. The second-order valence-electron chi connectivity index (χ2n) is 7.44. The summed E-state index contributed by atoms with van der Waals surface area (Å²) in [5, 5.41) is 16.9. The van der Waals surface area contributed by atoms with E-state index in [1.165, 1.54) is 19.3 Å². The van der Waals surface area contributed by atoms with E-state index in [0.29, 0.717) is 23.6 Å². The topological polar surface area (TPSA) is 65.9 Å². The maximum absolute atomic E-state index is 9.66. The zero-order chi connectivity index (χ0) is 16.3. The molecular formula is C18H33N3O2. The molecule has 0 saturated heterocycles. The summed E-state index contributed by atoms with van der Waals surface area (Å²) in [6, 6.07) is 0.941. The highest BCUT2D eigenvalue weighted by molar-refractivity contribution is 5.80. The molecule has 0 bridgehead atoms. The van der Waals surface area contributed by atoms with Crippen molar-refractivity contribution in [2.75, 3.05) is 13.2 Å². The fraction of sp³-hybridized carbons (Fsp3) is 0.944. The van der Waals surface area contributed by atoms with E-state index in [-0.39, 0.29) is 6.10 Å². The van der Waals surface area contributed by atoms with E-state index in [2.05, 4.69) is 29.5 Å². The first-order valence-electron chi connectivity index (χ1n) is 9.55. The summed E-state index contributed by atoms with van der Waals surface area (Å²) in [5.41, 5.74) is 0.356. The molecule has 3 rings (SSSR count). The Balaban J connectivity index is 1.55. The van der Waals surface area contributed by atoms with Crippen molar-refractivity contribution >= 4 is 5.96 Å². The number of aliphatic imine (C=N–C) groups is 1. The fourth-order valence-electron chi connectivity index (χ4n) is 4.51. The van der Waals surface area contributed by atoms with Crippen LogP contribution in [0.4, 0.5) is 0 Å². The van der Waals surface area contributed by atoms with Crippen LogP contribution in [0.5, 0.6) is 0 Å². The van der Waals surface area contributed by atoms with Crippen LogP contribution in [0, 0.1) is 5.41 Å². The summed E-state index contributed by atoms with van der Waals surface area (Å²) < 4.78 is 5.94. The van der Waals surface area contributed by atoms with Gasteiger partial charge in [-0.15, -0.1) is 0 Å². The van der Waals surface area contributed by atoms with Gasteiger partial charge in [0, 0.05) is 30.7 Å². The molecule has 2 atom stereocenters. The van der Waals surface area contributed by atoms with Gasteiger partial charge in [-0.25, -0.2) is 0 Å². The van der Waals surface area contributed by atoms with E-state index in [1.54, 1.807) is 0 Å². The van der Waals surface area contributed by atoms with Gasteiger partial charge in [0.25, 0.3) is 0 Å². The summed E-state index contributed by atoms with van der Waals surface area (Å²) in [6.45, 7) is 5.78. The van der Waals surface area contributed by atoms with E-state index in [0.717, 1.165) is 51.2 Å². The molecule has 0 heterocycles. The van der Waals surface area contributed by atoms with Gasteiger partial charge in [-0.1, -0.05) is 6.42 Å². The lowest BCUT2D eigenvalue weighted by molar-refractivity contribution is -0.168. The Kier molecular flexibility index (Phi) is 5.47. The highest BCUT2D eigenvalue weighted by Crippen LogP contribution is 2.57. The molecule has 0 aromatic rings. The third kappa shape index (κ3) is 3.50. The highest BCUT2D eigenvalue weighted by atomic mass is 16.5. The molecule has 132 valence electrons. The molecule has 5 heteroatoms. The second-order valence-corrected chi connectivity index (χ2v) is 7.44. The van der Waals surface area contributed by atoms with Crippen LogP contribution in [0.1, 0.15) is 65.2 Å². The molecule has 0 aromatic carbocycles. The van der Waals surface area contributed by atoms with Gasteiger partial charge in [-0.3, -0.25) is 4.99 Å². The van der Waals surface area contributed by atoms with Gasteiger partial charge in [0.1, 0.15) is 0 Å². The van der Waals surface area contributed by atoms with Gasteiger partial charge in [-0.2, -0.15) is 0 Å². The van der Waals surface area contributed by atoms with E-state index in [1.807, 2.05) is 0 Å². The Morgan fingerprint density at radius 3 is 2.48 bits per heavy atom. The van der Waals surface area contributed by atoms with Crippen LogP contribution < -0.4 is 10.6 Å². The van der Waals surface area contributed by atoms with Crippen LogP contribution in [0.2, 0.25) is 0 Å². The molecular weight excluding hydrogens is 290 g/mol. The van der Waals surface area contributed by atoms with E-state index < -0.39 is 0 Å². The predicted molar refractivity (Wildman–Crippen MR) is 92.6 cm³/mol. The number of hydrogen-bond acceptors (Lipinski definition) is 3. The van der Waals surface area contributed by atoms with Crippen molar-refractivity contribution in [2.45, 2.75) is 89.5 Å². The Morgan fingerprint density at radius 1 is 1.17 bits per heavy atom. The lowest BCUT2D eigenvalue weighted by atomic mass is 9.51. The minimum absolute atomic E-state index is 0.107. The molecule has 0 amide bonds. The Bertz CT molecular complexity index is 414. The van der Waals surface area contributed by atoms with Gasteiger partial charge in [-0.05, 0) is 58.8 Å². The van der Waals surface area contributed by atoms with Crippen molar-refractivity contribution in [1.29, 1.82) is 0 Å². The zero-order valence-electron chi connectivity index (χ0n) is 14.7. The molecule has 3 aliphatic carbocycles. The lowest BCUT2D eigenvalue weighted by Crippen LogP contribution is -2.69. The number of nitrogens with one attached hydrogen (secondary N) is 2. The maximum atomic E-state index is 9.66. The monoisotopic (exact) mass is 323 g/mol. The van der Waals surface area contributed by atoms with Crippen molar-refractivity contribution < 1.29 is 9.84 Å². The summed E-state index contributed by atoms with van der Waals surface area (Å²) in [4.78, 5) is 4.65. The van der Waals surface area contributed by atoms with E-state index in [9.17, 15) is 5.11 Å². The summed E-state index contributed by atoms with van der Waals surface area (Å²) in [6.07, 6.45) is 9.18. The molecule has 0 radical (unpaired) electrons. The summed E-state index contributed by atoms with van der Waals surface area (Å²) in [5.74, 6) is 0.958. The Morgan fingerprint density at radius 2 is 1.91 bits per heavy atom. The second kappa shape index (κ2) is 7.39. The van der Waals surface area contributed by atoms with Crippen LogP contribution in [0.3, 0.4) is 0 Å². The van der Waals surface area contributed by atoms with Crippen LogP contribution in [-0.4, -0.2) is 48.5 Å². The van der Waals surface area contributed by atoms with Crippen molar-refractivity contribution in [1.82, 2.24) is 10.6 Å². The van der Waals surface area contributed by atoms with Crippen LogP contribution >= 0.6 is 0 Å². The molecule has 3 saturated carbocycles. The van der Waals surface area contributed by atoms with Gasteiger partial charge in [0.2, 0.25) is 0 Å². The normalized spacial score (nSPS) is 36.2. The number of aliphatic hydroxyl groups excluding tert-OH is 1. The quantitative estimate of drug-likeness (QED) is 0.536. The van der Waals surface area contributed by atoms with Crippen molar-refractivity contribution in [3.8, 4) is 0 Å². The lowest BCUT2D eigenvalue weighted by Gasteiger charge is -2.61. The first kappa shape index (κ1) is 17.0. The number of nitrogens with zero attached hydrogens (tertiary/aromatic N) is 1. The first-order chi connectivity index (χ1) is 11.2. The van der Waals surface area contributed by atoms with Crippen molar-refractivity contribution in [3.05, 3.63) is 0 Å². The van der Waals surface area contributed by atoms with Crippen LogP contribution in [-0.2, 0) is 4.74 Å². The first-order valence-corrected chi connectivity index (χ1v) is 9.55. The number of hydrogen-bond donors (Lipinski definition) is 3. The SMILES string of the molecule is CCN=C(NC1CCC(O)CC1)NC1CC(OCC)C12CCC2. The molecule has 0 aliphatic heterocycles. The minimum atomic E-state index is -0.107. The fourth-order valence-corrected chi connectivity index (χ4v) is 4.51. The van der Waals surface area contributed by atoms with Gasteiger partial charge < -0.3 is 20.5 Å². The number of rotatable bonds is 5. The molecule has 23 heavy (non-hydrogen) atoms. The molecule has 3 aliphatic rings. The third-order valence-electron chi connectivity index (χ3n) is 6.10. The molecule has 2 unspecified atom stereocenters. The summed E-state index contributed by atoms with van der Waals surface area (Å²) >= 11 is 0. The van der Waals surface area contributed by atoms with Crippen LogP contribution in [0.25, 0.3) is 0 Å². The van der Waals surface area contributed by atoms with Crippen molar-refractivity contribution in [3.63, 3.8) is 0 Å². The molecule has 3 fully saturated rings. The van der Waals surface area contributed by atoms with Gasteiger partial charge >= 0.3 is 0 Å². The highest BCUT2D eigenvalue weighted by Gasteiger charge is 2.59. The van der Waals surface area contributed by atoms with Crippen LogP contribution in [0.15, 0.2) is 4.99 Å². The van der Waals surface area contributed by atoms with E-state index >= 15 is 0 Å². The Labute approximate surface area is 140 Å².